The van der Waals surface area contributed by atoms with Gasteiger partial charge in [-0.25, -0.2) is 4.98 Å². The lowest BCUT2D eigenvalue weighted by molar-refractivity contribution is 0.0743. The summed E-state index contributed by atoms with van der Waals surface area (Å²) in [5, 5.41) is 0.919. The molecule has 1 aromatic carbocycles. The Labute approximate surface area is 135 Å². The van der Waals surface area contributed by atoms with Gasteiger partial charge >= 0.3 is 0 Å². The van der Waals surface area contributed by atoms with Gasteiger partial charge in [-0.3, -0.25) is 4.79 Å². The van der Waals surface area contributed by atoms with Crippen molar-refractivity contribution in [2.45, 2.75) is 32.7 Å². The molecule has 1 aromatic heterocycles. The van der Waals surface area contributed by atoms with E-state index < -0.39 is 0 Å². The number of nitrogens with zero attached hydrogens (tertiary/aromatic N) is 2. The predicted octanol–water partition coefficient (Wildman–Crippen LogP) is 2.99. The summed E-state index contributed by atoms with van der Waals surface area (Å²) in [6.45, 7) is 5.10. The summed E-state index contributed by atoms with van der Waals surface area (Å²) in [4.78, 5) is 20.3. The van der Waals surface area contributed by atoms with E-state index in [0.29, 0.717) is 24.8 Å². The minimum Gasteiger partial charge on any atom is -0.333 e. The van der Waals surface area contributed by atoms with Gasteiger partial charge in [0.15, 0.2) is 0 Å². The first-order valence-electron chi connectivity index (χ1n) is 7.65. The van der Waals surface area contributed by atoms with Crippen LogP contribution < -0.4 is 5.73 Å². The number of amides is 1. The van der Waals surface area contributed by atoms with Gasteiger partial charge < -0.3 is 10.6 Å². The van der Waals surface area contributed by atoms with Crippen molar-refractivity contribution in [2.75, 3.05) is 13.1 Å². The van der Waals surface area contributed by atoms with E-state index in [2.05, 4.69) is 36.2 Å². The third-order valence-corrected chi connectivity index (χ3v) is 4.89. The average Bonchev–Trinajstić information content (AvgIpc) is 3.27. The Morgan fingerprint density at radius 2 is 2.00 bits per heavy atom. The van der Waals surface area contributed by atoms with Gasteiger partial charge in [0.25, 0.3) is 5.91 Å². The zero-order valence-electron chi connectivity index (χ0n) is 13.0. The smallest absolute Gasteiger partial charge is 0.274 e. The quantitative estimate of drug-likeness (QED) is 0.923. The molecular formula is C17H21N3OS. The fourth-order valence-corrected chi connectivity index (χ4v) is 3.50. The van der Waals surface area contributed by atoms with Crippen LogP contribution in [0.4, 0.5) is 0 Å². The number of carbonyl (C=O) groups is 1. The van der Waals surface area contributed by atoms with Crippen LogP contribution in [0.3, 0.4) is 0 Å². The van der Waals surface area contributed by atoms with Gasteiger partial charge in [-0.2, -0.15) is 0 Å². The summed E-state index contributed by atoms with van der Waals surface area (Å²) in [6, 6.07) is 8.60. The SMILES string of the molecule is Cc1ccc(-c2sc(C)nc2C(=O)N(CCN)C2CC2)cc1. The normalized spacial score (nSPS) is 14.1. The number of hydrogen-bond acceptors (Lipinski definition) is 4. The molecule has 116 valence electrons. The van der Waals surface area contributed by atoms with E-state index in [1.807, 2.05) is 11.8 Å². The molecule has 0 bridgehead atoms. The zero-order chi connectivity index (χ0) is 15.7. The highest BCUT2D eigenvalue weighted by atomic mass is 32.1. The van der Waals surface area contributed by atoms with Crippen molar-refractivity contribution in [1.82, 2.24) is 9.88 Å². The molecule has 22 heavy (non-hydrogen) atoms. The molecule has 1 fully saturated rings. The van der Waals surface area contributed by atoms with Gasteiger partial charge in [0.1, 0.15) is 5.69 Å². The fraction of sp³-hybridized carbons (Fsp3) is 0.412. The topological polar surface area (TPSA) is 59.2 Å². The summed E-state index contributed by atoms with van der Waals surface area (Å²) in [6.07, 6.45) is 2.16. The molecule has 1 amide bonds. The van der Waals surface area contributed by atoms with E-state index in [1.54, 1.807) is 11.3 Å². The highest BCUT2D eigenvalue weighted by Crippen LogP contribution is 2.34. The van der Waals surface area contributed by atoms with Crippen molar-refractivity contribution >= 4 is 17.2 Å². The summed E-state index contributed by atoms with van der Waals surface area (Å²) >= 11 is 1.58. The molecule has 2 N–H and O–H groups in total. The lowest BCUT2D eigenvalue weighted by Crippen LogP contribution is -2.37. The second kappa shape index (κ2) is 6.18. The molecule has 0 saturated heterocycles. The van der Waals surface area contributed by atoms with Crippen LogP contribution in [0, 0.1) is 13.8 Å². The van der Waals surface area contributed by atoms with E-state index in [4.69, 9.17) is 5.73 Å². The third-order valence-electron chi connectivity index (χ3n) is 3.87. The van der Waals surface area contributed by atoms with Crippen LogP contribution in [0.2, 0.25) is 0 Å². The van der Waals surface area contributed by atoms with Crippen molar-refractivity contribution in [3.05, 3.63) is 40.5 Å². The monoisotopic (exact) mass is 315 g/mol. The third kappa shape index (κ3) is 3.05. The predicted molar refractivity (Wildman–Crippen MR) is 90.1 cm³/mol. The Bertz CT molecular complexity index is 674. The molecule has 0 spiro atoms. The Hall–Kier alpha value is -1.72. The Morgan fingerprint density at radius 3 is 2.59 bits per heavy atom. The van der Waals surface area contributed by atoms with E-state index in [9.17, 15) is 4.79 Å². The molecule has 4 nitrogen and oxygen atoms in total. The van der Waals surface area contributed by atoms with Gasteiger partial charge in [-0.05, 0) is 32.3 Å². The molecule has 1 aliphatic carbocycles. The Balaban J connectivity index is 1.96. The van der Waals surface area contributed by atoms with Crippen LogP contribution in [0.1, 0.15) is 33.9 Å². The molecule has 0 radical (unpaired) electrons. The molecule has 0 aliphatic heterocycles. The minimum atomic E-state index is 0.0212. The van der Waals surface area contributed by atoms with Gasteiger partial charge in [0.2, 0.25) is 0 Å². The number of carbonyl (C=O) groups excluding carboxylic acids is 1. The number of thiazole rings is 1. The lowest BCUT2D eigenvalue weighted by atomic mass is 10.1. The molecule has 5 heteroatoms. The van der Waals surface area contributed by atoms with Gasteiger partial charge in [0.05, 0.1) is 9.88 Å². The summed E-state index contributed by atoms with van der Waals surface area (Å²) < 4.78 is 0. The van der Waals surface area contributed by atoms with Crippen LogP contribution in [-0.2, 0) is 0 Å². The highest BCUT2D eigenvalue weighted by molar-refractivity contribution is 7.15. The van der Waals surface area contributed by atoms with E-state index in [1.165, 1.54) is 5.56 Å². The first-order chi connectivity index (χ1) is 10.6. The van der Waals surface area contributed by atoms with Gasteiger partial charge in [-0.15, -0.1) is 11.3 Å². The van der Waals surface area contributed by atoms with Gasteiger partial charge in [0, 0.05) is 19.1 Å². The number of hydrogen-bond donors (Lipinski definition) is 1. The maximum atomic E-state index is 12.9. The van der Waals surface area contributed by atoms with Crippen LogP contribution in [0.25, 0.3) is 10.4 Å². The summed E-state index contributed by atoms with van der Waals surface area (Å²) in [5.74, 6) is 0.0212. The lowest BCUT2D eigenvalue weighted by Gasteiger charge is -2.21. The second-order valence-electron chi connectivity index (χ2n) is 5.80. The number of aryl methyl sites for hydroxylation is 2. The minimum absolute atomic E-state index is 0.0212. The largest absolute Gasteiger partial charge is 0.333 e. The van der Waals surface area contributed by atoms with E-state index in [-0.39, 0.29) is 5.91 Å². The van der Waals surface area contributed by atoms with Crippen LogP contribution in [0.5, 0.6) is 0 Å². The summed E-state index contributed by atoms with van der Waals surface area (Å²) in [5.41, 5.74) is 8.51. The van der Waals surface area contributed by atoms with Crippen LogP contribution >= 0.6 is 11.3 Å². The summed E-state index contributed by atoms with van der Waals surface area (Å²) in [7, 11) is 0. The molecule has 0 unspecified atom stereocenters. The maximum Gasteiger partial charge on any atom is 0.274 e. The molecule has 1 saturated carbocycles. The molecular weight excluding hydrogens is 294 g/mol. The van der Waals surface area contributed by atoms with E-state index >= 15 is 0 Å². The van der Waals surface area contributed by atoms with Crippen molar-refractivity contribution in [2.24, 2.45) is 5.73 Å². The molecule has 2 aromatic rings. The van der Waals surface area contributed by atoms with Gasteiger partial charge in [-0.1, -0.05) is 29.8 Å². The number of rotatable bonds is 5. The molecule has 1 heterocycles. The van der Waals surface area contributed by atoms with Crippen LogP contribution in [-0.4, -0.2) is 34.9 Å². The standard InChI is InChI=1S/C17H21N3OS/c1-11-3-5-13(6-4-11)16-15(19-12(2)22-16)17(21)20(10-9-18)14-7-8-14/h3-6,14H,7-10,18H2,1-2H3. The van der Waals surface area contributed by atoms with Crippen molar-refractivity contribution in [3.8, 4) is 10.4 Å². The van der Waals surface area contributed by atoms with Crippen molar-refractivity contribution in [3.63, 3.8) is 0 Å². The zero-order valence-corrected chi connectivity index (χ0v) is 13.8. The maximum absolute atomic E-state index is 12.9. The fourth-order valence-electron chi connectivity index (χ4n) is 2.58. The van der Waals surface area contributed by atoms with Crippen molar-refractivity contribution in [1.29, 1.82) is 0 Å². The first kappa shape index (κ1) is 15.2. The second-order valence-corrected chi connectivity index (χ2v) is 7.00. The molecule has 3 rings (SSSR count). The van der Waals surface area contributed by atoms with Crippen molar-refractivity contribution < 1.29 is 4.79 Å². The average molecular weight is 315 g/mol. The number of nitrogens with two attached hydrogens (primary N) is 1. The number of aromatic nitrogens is 1. The molecule has 1 aliphatic rings. The van der Waals surface area contributed by atoms with Crippen LogP contribution in [0.15, 0.2) is 24.3 Å². The molecule has 0 atom stereocenters. The number of benzene rings is 1. The van der Waals surface area contributed by atoms with E-state index in [0.717, 1.165) is 28.3 Å². The Morgan fingerprint density at radius 1 is 1.32 bits per heavy atom. The highest BCUT2D eigenvalue weighted by Gasteiger charge is 2.34. The Kier molecular flexibility index (Phi) is 4.27. The first-order valence-corrected chi connectivity index (χ1v) is 8.47.